The first-order valence-corrected chi connectivity index (χ1v) is 24.0. The second-order valence-corrected chi connectivity index (χ2v) is 17.0. The highest BCUT2D eigenvalue weighted by Gasteiger charge is 2.28. The van der Waals surface area contributed by atoms with Gasteiger partial charge in [0.15, 0.2) is 6.10 Å². The third-order valence-corrected chi connectivity index (χ3v) is 11.4. The molecule has 1 amide bonds. The summed E-state index contributed by atoms with van der Waals surface area (Å²) in [6.45, 7) is 3.51. The van der Waals surface area contributed by atoms with Gasteiger partial charge in [0.2, 0.25) is 0 Å². The molecule has 0 aliphatic carbocycles. The van der Waals surface area contributed by atoms with E-state index < -0.39 is 26.0 Å². The van der Waals surface area contributed by atoms with Gasteiger partial charge in [0.05, 0.1) is 13.2 Å². The quantitative estimate of drug-likeness (QED) is 0.0347. The monoisotopic (exact) mass is 806 g/mol. The lowest BCUT2D eigenvalue weighted by Gasteiger charge is -2.21. The Balaban J connectivity index is 4.38. The van der Waals surface area contributed by atoms with E-state index in [0.717, 1.165) is 45.6 Å². The predicted molar refractivity (Wildman–Crippen MR) is 222 cm³/mol. The molecule has 0 radical (unpaired) electrons. The number of carbonyl (C=O) groups excluding carboxylic acids is 2. The molecule has 0 aromatic carbocycles. The van der Waals surface area contributed by atoms with Crippen LogP contribution in [0.4, 0.5) is 4.79 Å². The van der Waals surface area contributed by atoms with Crippen LogP contribution in [0.1, 0.15) is 219 Å². The van der Waals surface area contributed by atoms with Crippen LogP contribution in [0.25, 0.3) is 0 Å². The number of unbranched alkanes of at least 4 members (excludes halogenated alkanes) is 28. The summed E-state index contributed by atoms with van der Waals surface area (Å²) >= 11 is 0. The highest BCUT2D eigenvalue weighted by Crippen LogP contribution is 2.48. The zero-order chi connectivity index (χ0) is 40.5. The van der Waals surface area contributed by atoms with Crippen LogP contribution < -0.4 is 5.32 Å². The number of esters is 2. The lowest BCUT2D eigenvalue weighted by Crippen LogP contribution is -2.30. The molecule has 326 valence electrons. The fourth-order valence-corrected chi connectivity index (χ4v) is 7.48. The molecule has 0 rings (SSSR count). The first-order valence-electron chi connectivity index (χ1n) is 22.5. The van der Waals surface area contributed by atoms with Crippen molar-refractivity contribution in [2.45, 2.75) is 225 Å². The van der Waals surface area contributed by atoms with Crippen molar-refractivity contribution in [2.75, 3.05) is 33.5 Å². The van der Waals surface area contributed by atoms with E-state index in [1.54, 1.807) is 0 Å². The molecule has 0 saturated heterocycles. The van der Waals surface area contributed by atoms with Crippen molar-refractivity contribution in [3.8, 4) is 0 Å². The highest BCUT2D eigenvalue weighted by molar-refractivity contribution is 7.48. The lowest BCUT2D eigenvalue weighted by atomic mass is 10.0. The maximum Gasteiger partial charge on any atom is 0.474 e. The zero-order valence-corrected chi connectivity index (χ0v) is 36.5. The second kappa shape index (κ2) is 40.5. The normalized spacial score (nSPS) is 13.0. The molecular formula is C43H84NO10P. The molecule has 2 unspecified atom stereocenters. The average molecular weight is 806 g/mol. The third kappa shape index (κ3) is 39.0. The van der Waals surface area contributed by atoms with Crippen molar-refractivity contribution >= 4 is 25.9 Å². The number of nitrogens with one attached hydrogen (secondary N) is 1. The Morgan fingerprint density at radius 2 is 0.891 bits per heavy atom. The average Bonchev–Trinajstić information content (AvgIpc) is 3.17. The summed E-state index contributed by atoms with van der Waals surface area (Å²) in [7, 11) is -2.93. The Hall–Kier alpha value is -1.68. The van der Waals surface area contributed by atoms with Gasteiger partial charge >= 0.3 is 25.9 Å². The first-order chi connectivity index (χ1) is 26.8. The van der Waals surface area contributed by atoms with Crippen LogP contribution in [-0.2, 0) is 37.2 Å². The van der Waals surface area contributed by atoms with E-state index in [1.807, 2.05) is 0 Å². The summed E-state index contributed by atoms with van der Waals surface area (Å²) in [6.07, 6.45) is 35.3. The summed E-state index contributed by atoms with van der Waals surface area (Å²) in [5, 5.41) is 10.8. The van der Waals surface area contributed by atoms with Crippen LogP contribution in [0, 0.1) is 0 Å². The Morgan fingerprint density at radius 1 is 0.527 bits per heavy atom. The Bertz CT molecular complexity index is 937. The topological polar surface area (TPSA) is 147 Å². The van der Waals surface area contributed by atoms with Crippen molar-refractivity contribution in [3.05, 3.63) is 0 Å². The minimum atomic E-state index is -4.07. The molecule has 0 spiro atoms. The molecule has 55 heavy (non-hydrogen) atoms. The van der Waals surface area contributed by atoms with E-state index in [2.05, 4.69) is 19.2 Å². The fraction of sp³-hybridized carbons (Fsp3) is 0.930. The summed E-state index contributed by atoms with van der Waals surface area (Å²) in [4.78, 5) is 35.9. The van der Waals surface area contributed by atoms with Crippen LogP contribution in [-0.4, -0.2) is 62.7 Å². The summed E-state index contributed by atoms with van der Waals surface area (Å²) in [5.74, 6) is -0.829. The molecular weight excluding hydrogens is 721 g/mol. The van der Waals surface area contributed by atoms with Gasteiger partial charge in [-0.15, -0.1) is 0 Å². The molecule has 2 atom stereocenters. The maximum atomic E-state index is 12.9. The largest absolute Gasteiger partial charge is 0.474 e. The predicted octanol–water partition coefficient (Wildman–Crippen LogP) is 13.0. The van der Waals surface area contributed by atoms with Crippen LogP contribution in [0.3, 0.4) is 0 Å². The maximum absolute atomic E-state index is 12.9. The standard InChI is InChI=1S/C43H84NO10P/c1-4-6-8-10-12-14-16-18-20-22-24-26-28-30-32-34-41(45)51-38-40(39-53-55(49,50-3)52-37-36-44-43(47)48)54-42(46)35-33-31-29-27-25-23-21-19-17-15-13-11-9-7-5-2/h40,44H,4-39H2,1-3H3,(H,47,48). The zero-order valence-electron chi connectivity index (χ0n) is 35.6. The van der Waals surface area contributed by atoms with Gasteiger partial charge in [-0.2, -0.15) is 0 Å². The summed E-state index contributed by atoms with van der Waals surface area (Å²) in [5.41, 5.74) is 0. The van der Waals surface area contributed by atoms with Crippen molar-refractivity contribution in [1.82, 2.24) is 5.32 Å². The molecule has 0 saturated carbocycles. The number of carbonyl (C=O) groups is 3. The molecule has 0 aliphatic heterocycles. The minimum Gasteiger partial charge on any atom is -0.465 e. The summed E-state index contributed by atoms with van der Waals surface area (Å²) in [6, 6.07) is 0. The van der Waals surface area contributed by atoms with Gasteiger partial charge in [0, 0.05) is 26.5 Å². The van der Waals surface area contributed by atoms with E-state index in [0.29, 0.717) is 6.42 Å². The number of ether oxygens (including phenoxy) is 2. The first kappa shape index (κ1) is 53.3. The second-order valence-electron chi connectivity index (χ2n) is 15.2. The van der Waals surface area contributed by atoms with E-state index in [4.69, 9.17) is 28.2 Å². The molecule has 11 nitrogen and oxygen atoms in total. The van der Waals surface area contributed by atoms with Gasteiger partial charge < -0.3 is 19.9 Å². The Labute approximate surface area is 336 Å². The highest BCUT2D eigenvalue weighted by atomic mass is 31.2. The molecule has 2 N–H and O–H groups in total. The number of hydrogen-bond acceptors (Lipinski definition) is 9. The molecule has 0 aromatic rings. The molecule has 12 heteroatoms. The van der Waals surface area contributed by atoms with Crippen LogP contribution in [0.15, 0.2) is 0 Å². The van der Waals surface area contributed by atoms with Gasteiger partial charge in [-0.25, -0.2) is 9.36 Å². The Kier molecular flexibility index (Phi) is 39.3. The smallest absolute Gasteiger partial charge is 0.465 e. The van der Waals surface area contributed by atoms with E-state index in [-0.39, 0.29) is 45.2 Å². The van der Waals surface area contributed by atoms with Gasteiger partial charge in [-0.3, -0.25) is 23.2 Å². The molecule has 0 aromatic heterocycles. The summed E-state index contributed by atoms with van der Waals surface area (Å²) < 4.78 is 39.3. The van der Waals surface area contributed by atoms with Gasteiger partial charge in [0.1, 0.15) is 6.61 Å². The fourth-order valence-electron chi connectivity index (χ4n) is 6.53. The third-order valence-electron chi connectivity index (χ3n) is 9.97. The molecule has 0 aliphatic rings. The van der Waals surface area contributed by atoms with Crippen molar-refractivity contribution in [2.24, 2.45) is 0 Å². The SMILES string of the molecule is CCCCCCCCCCCCCCCCCC(=O)OCC(COP(=O)(OC)OCCNC(=O)O)OC(=O)CCCCCCCCCCCCCCCCC. The lowest BCUT2D eigenvalue weighted by molar-refractivity contribution is -0.161. The van der Waals surface area contributed by atoms with E-state index >= 15 is 0 Å². The van der Waals surface area contributed by atoms with Crippen molar-refractivity contribution in [3.63, 3.8) is 0 Å². The van der Waals surface area contributed by atoms with Gasteiger partial charge in [-0.05, 0) is 12.8 Å². The minimum absolute atomic E-state index is 0.124. The van der Waals surface area contributed by atoms with Crippen molar-refractivity contribution < 1.29 is 47.1 Å². The van der Waals surface area contributed by atoms with Crippen LogP contribution in [0.5, 0.6) is 0 Å². The van der Waals surface area contributed by atoms with Crippen LogP contribution >= 0.6 is 7.82 Å². The number of phosphoric acid groups is 1. The number of hydrogen-bond donors (Lipinski definition) is 2. The number of phosphoric ester groups is 1. The number of carboxylic acid groups (broad SMARTS) is 1. The Morgan fingerprint density at radius 3 is 1.25 bits per heavy atom. The van der Waals surface area contributed by atoms with Gasteiger partial charge in [-0.1, -0.05) is 194 Å². The number of rotatable bonds is 43. The van der Waals surface area contributed by atoms with Crippen LogP contribution in [0.2, 0.25) is 0 Å². The van der Waals surface area contributed by atoms with Crippen molar-refractivity contribution in [1.29, 1.82) is 0 Å². The molecule has 0 bridgehead atoms. The van der Waals surface area contributed by atoms with Gasteiger partial charge in [0.25, 0.3) is 0 Å². The molecule has 0 fully saturated rings. The number of amides is 1. The molecule has 0 heterocycles. The van der Waals surface area contributed by atoms with E-state index in [9.17, 15) is 18.9 Å². The van der Waals surface area contributed by atoms with E-state index in [1.165, 1.54) is 148 Å².